The summed E-state index contributed by atoms with van der Waals surface area (Å²) >= 11 is 0. The highest BCUT2D eigenvalue weighted by Crippen LogP contribution is 2.16. The van der Waals surface area contributed by atoms with E-state index in [-0.39, 0.29) is 18.9 Å². The van der Waals surface area contributed by atoms with Crippen LogP contribution in [0.3, 0.4) is 0 Å². The predicted molar refractivity (Wildman–Crippen MR) is 181 cm³/mol. The van der Waals surface area contributed by atoms with Gasteiger partial charge in [0, 0.05) is 0 Å². The summed E-state index contributed by atoms with van der Waals surface area (Å²) < 4.78 is 0. The summed E-state index contributed by atoms with van der Waals surface area (Å²) in [5.74, 6) is -0.282. The number of nitrogens with one attached hydrogen (secondary N) is 1. The Morgan fingerprint density at radius 1 is 0.500 bits per heavy atom. The van der Waals surface area contributed by atoms with Gasteiger partial charge in [0.15, 0.2) is 0 Å². The molecule has 0 saturated heterocycles. The SMILES string of the molecule is CCCCCCCCCCCCCCCCCCCC(O)CC(=O)NC(CO)C(O)CCCCCCCCCCCC. The third-order valence-corrected chi connectivity index (χ3v) is 8.92. The molecule has 0 aromatic rings. The highest BCUT2D eigenvalue weighted by molar-refractivity contribution is 5.76. The molecule has 0 heterocycles. The maximum atomic E-state index is 12.4. The van der Waals surface area contributed by atoms with E-state index in [1.54, 1.807) is 0 Å². The van der Waals surface area contributed by atoms with Crippen molar-refractivity contribution in [2.75, 3.05) is 6.61 Å². The van der Waals surface area contributed by atoms with Crippen molar-refractivity contribution in [2.24, 2.45) is 0 Å². The molecule has 0 aromatic carbocycles. The number of carbonyl (C=O) groups excluding carboxylic acids is 1. The number of rotatable bonds is 34. The molecule has 0 aliphatic heterocycles. The van der Waals surface area contributed by atoms with E-state index in [1.165, 1.54) is 148 Å². The fourth-order valence-electron chi connectivity index (χ4n) is 5.99. The van der Waals surface area contributed by atoms with Gasteiger partial charge >= 0.3 is 0 Å². The largest absolute Gasteiger partial charge is 0.394 e. The molecule has 0 fully saturated rings. The first-order valence-electron chi connectivity index (χ1n) is 18.8. The van der Waals surface area contributed by atoms with E-state index in [4.69, 9.17) is 0 Å². The number of aliphatic hydroxyl groups excluding tert-OH is 3. The molecule has 0 rings (SSSR count). The maximum Gasteiger partial charge on any atom is 0.222 e. The Labute approximate surface area is 262 Å². The van der Waals surface area contributed by atoms with Crippen LogP contribution in [0.1, 0.15) is 206 Å². The van der Waals surface area contributed by atoms with Gasteiger partial charge in [-0.15, -0.1) is 0 Å². The van der Waals surface area contributed by atoms with Crippen LogP contribution in [0.15, 0.2) is 0 Å². The van der Waals surface area contributed by atoms with Crippen LogP contribution in [-0.4, -0.2) is 46.1 Å². The molecule has 3 unspecified atom stereocenters. The molecule has 4 N–H and O–H groups in total. The first-order valence-corrected chi connectivity index (χ1v) is 18.8. The molecule has 42 heavy (non-hydrogen) atoms. The minimum absolute atomic E-state index is 0.0420. The van der Waals surface area contributed by atoms with Gasteiger partial charge in [0.1, 0.15) is 0 Å². The van der Waals surface area contributed by atoms with Crippen LogP contribution in [0, 0.1) is 0 Å². The van der Waals surface area contributed by atoms with Crippen molar-refractivity contribution in [1.82, 2.24) is 5.32 Å². The molecule has 0 saturated carbocycles. The topological polar surface area (TPSA) is 89.8 Å². The lowest BCUT2D eigenvalue weighted by Crippen LogP contribution is -2.46. The summed E-state index contributed by atoms with van der Waals surface area (Å²) in [7, 11) is 0. The monoisotopic (exact) mass is 598 g/mol. The second kappa shape index (κ2) is 33.2. The van der Waals surface area contributed by atoms with Crippen molar-refractivity contribution in [3.05, 3.63) is 0 Å². The molecular weight excluding hydrogens is 522 g/mol. The van der Waals surface area contributed by atoms with E-state index in [9.17, 15) is 20.1 Å². The molecule has 3 atom stereocenters. The molecular formula is C37H75NO4. The van der Waals surface area contributed by atoms with Crippen molar-refractivity contribution in [1.29, 1.82) is 0 Å². The number of unbranched alkanes of at least 4 members (excludes halogenated alkanes) is 25. The van der Waals surface area contributed by atoms with Gasteiger partial charge in [-0.05, 0) is 12.8 Å². The van der Waals surface area contributed by atoms with Crippen molar-refractivity contribution >= 4 is 5.91 Å². The zero-order valence-electron chi connectivity index (χ0n) is 28.4. The molecule has 0 aliphatic rings. The molecule has 252 valence electrons. The Balaban J connectivity index is 3.61. The smallest absolute Gasteiger partial charge is 0.222 e. The summed E-state index contributed by atoms with van der Waals surface area (Å²) in [5, 5.41) is 33.1. The van der Waals surface area contributed by atoms with Gasteiger partial charge in [-0.2, -0.15) is 0 Å². The summed E-state index contributed by atoms with van der Waals surface area (Å²) in [6, 6.07) is -0.649. The quantitative estimate of drug-likeness (QED) is 0.0556. The van der Waals surface area contributed by atoms with E-state index in [2.05, 4.69) is 19.2 Å². The zero-order valence-corrected chi connectivity index (χ0v) is 28.4. The van der Waals surface area contributed by atoms with Gasteiger partial charge in [-0.1, -0.05) is 187 Å². The van der Waals surface area contributed by atoms with Crippen molar-refractivity contribution in [2.45, 2.75) is 225 Å². The second-order valence-electron chi connectivity index (χ2n) is 13.2. The summed E-state index contributed by atoms with van der Waals surface area (Å²) in [6.45, 7) is 4.24. The van der Waals surface area contributed by atoms with Crippen molar-refractivity contribution in [3.8, 4) is 0 Å². The van der Waals surface area contributed by atoms with Gasteiger partial charge in [0.2, 0.25) is 5.91 Å². The van der Waals surface area contributed by atoms with Crippen LogP contribution in [0.4, 0.5) is 0 Å². The predicted octanol–water partition coefficient (Wildman–Crippen LogP) is 9.93. The highest BCUT2D eigenvalue weighted by Gasteiger charge is 2.21. The van der Waals surface area contributed by atoms with Gasteiger partial charge in [-0.25, -0.2) is 0 Å². The lowest BCUT2D eigenvalue weighted by molar-refractivity contribution is -0.125. The minimum Gasteiger partial charge on any atom is -0.394 e. The Bertz CT molecular complexity index is 544. The van der Waals surface area contributed by atoms with Crippen LogP contribution >= 0.6 is 0 Å². The van der Waals surface area contributed by atoms with E-state index in [1.807, 2.05) is 0 Å². The molecule has 0 spiro atoms. The zero-order chi connectivity index (χ0) is 30.9. The Hall–Kier alpha value is -0.650. The maximum absolute atomic E-state index is 12.4. The molecule has 1 amide bonds. The van der Waals surface area contributed by atoms with Crippen LogP contribution in [0.2, 0.25) is 0 Å². The first-order chi connectivity index (χ1) is 20.5. The fourth-order valence-corrected chi connectivity index (χ4v) is 5.99. The second-order valence-corrected chi connectivity index (χ2v) is 13.2. The van der Waals surface area contributed by atoms with Crippen LogP contribution < -0.4 is 5.32 Å². The van der Waals surface area contributed by atoms with Crippen molar-refractivity contribution in [3.63, 3.8) is 0 Å². The summed E-state index contributed by atoms with van der Waals surface area (Å²) in [5.41, 5.74) is 0. The van der Waals surface area contributed by atoms with Gasteiger partial charge < -0.3 is 20.6 Å². The molecule has 0 aromatic heterocycles. The standard InChI is InChI=1S/C37H75NO4/c1-3-5-7-9-11-13-15-16-17-18-19-20-21-22-24-26-28-30-34(40)32-37(42)38-35(33-39)36(41)31-29-27-25-23-14-12-10-8-6-4-2/h34-36,39-41H,3-33H2,1-2H3,(H,38,42). The molecule has 0 aliphatic carbocycles. The lowest BCUT2D eigenvalue weighted by atomic mass is 10.0. The third kappa shape index (κ3) is 29.4. The number of carbonyl (C=O) groups is 1. The first kappa shape index (κ1) is 41.4. The van der Waals surface area contributed by atoms with Crippen molar-refractivity contribution < 1.29 is 20.1 Å². The Morgan fingerprint density at radius 3 is 1.14 bits per heavy atom. The lowest BCUT2D eigenvalue weighted by Gasteiger charge is -2.23. The fraction of sp³-hybridized carbons (Fsp3) is 0.973. The molecule has 0 bridgehead atoms. The molecule has 0 radical (unpaired) electrons. The average molecular weight is 598 g/mol. The number of hydrogen-bond donors (Lipinski definition) is 4. The normalized spacial score (nSPS) is 13.7. The van der Waals surface area contributed by atoms with E-state index < -0.39 is 18.2 Å². The molecule has 5 heteroatoms. The molecule has 5 nitrogen and oxygen atoms in total. The third-order valence-electron chi connectivity index (χ3n) is 8.92. The number of aliphatic hydroxyl groups is 3. The van der Waals surface area contributed by atoms with Crippen LogP contribution in [0.5, 0.6) is 0 Å². The average Bonchev–Trinajstić information content (AvgIpc) is 2.98. The summed E-state index contributed by atoms with van der Waals surface area (Å²) in [4.78, 5) is 12.4. The summed E-state index contributed by atoms with van der Waals surface area (Å²) in [6.07, 6.45) is 34.9. The number of hydrogen-bond acceptors (Lipinski definition) is 4. The minimum atomic E-state index is -0.741. The van der Waals surface area contributed by atoms with Gasteiger partial charge in [-0.3, -0.25) is 4.79 Å². The highest BCUT2D eigenvalue weighted by atomic mass is 16.3. The van der Waals surface area contributed by atoms with Crippen LogP contribution in [0.25, 0.3) is 0 Å². The van der Waals surface area contributed by atoms with Gasteiger partial charge in [0.05, 0.1) is 31.3 Å². The van der Waals surface area contributed by atoms with E-state index >= 15 is 0 Å². The number of amides is 1. The van der Waals surface area contributed by atoms with E-state index in [0.717, 1.165) is 25.7 Å². The van der Waals surface area contributed by atoms with Gasteiger partial charge in [0.25, 0.3) is 0 Å². The Morgan fingerprint density at radius 2 is 0.810 bits per heavy atom. The Kier molecular flexibility index (Phi) is 32.7. The van der Waals surface area contributed by atoms with Crippen LogP contribution in [-0.2, 0) is 4.79 Å². The van der Waals surface area contributed by atoms with E-state index in [0.29, 0.717) is 12.8 Å².